The Kier molecular flexibility index (Phi) is 3.10. The van der Waals surface area contributed by atoms with Crippen molar-refractivity contribution in [2.24, 2.45) is 0 Å². The van der Waals surface area contributed by atoms with Crippen LogP contribution in [0, 0.1) is 0 Å². The molecule has 0 aromatic heterocycles. The number of aliphatic hydroxyl groups excluding tert-OH is 1. The van der Waals surface area contributed by atoms with E-state index in [4.69, 9.17) is 0 Å². The van der Waals surface area contributed by atoms with E-state index in [9.17, 15) is 5.11 Å². The highest BCUT2D eigenvalue weighted by molar-refractivity contribution is 4.96. The molecule has 1 saturated heterocycles. The third-order valence-corrected chi connectivity index (χ3v) is 3.91. The smallest absolute Gasteiger partial charge is 0.0680 e. The first kappa shape index (κ1) is 10.4. The van der Waals surface area contributed by atoms with Crippen LogP contribution in [0.5, 0.6) is 0 Å². The fourth-order valence-corrected chi connectivity index (χ4v) is 2.55. The number of rotatable bonds is 4. The number of β-amino-alcohol motifs (C(OH)–C–C–N with tert-alkyl or cyclic N) is 1. The molecule has 82 valence electrons. The molecule has 0 aromatic rings. The van der Waals surface area contributed by atoms with Crippen LogP contribution in [0.1, 0.15) is 39.0 Å². The van der Waals surface area contributed by atoms with Gasteiger partial charge in [-0.05, 0) is 32.1 Å². The fourth-order valence-electron chi connectivity index (χ4n) is 2.55. The maximum Gasteiger partial charge on any atom is 0.0680 e. The summed E-state index contributed by atoms with van der Waals surface area (Å²) < 4.78 is 0. The number of hydrogen-bond donors (Lipinski definition) is 3. The maximum absolute atomic E-state index is 9.37. The lowest BCUT2D eigenvalue weighted by Crippen LogP contribution is -2.53. The van der Waals surface area contributed by atoms with Gasteiger partial charge in [-0.15, -0.1) is 0 Å². The van der Waals surface area contributed by atoms with Crippen LogP contribution in [-0.2, 0) is 0 Å². The van der Waals surface area contributed by atoms with Crippen LogP contribution < -0.4 is 10.6 Å². The van der Waals surface area contributed by atoms with Crippen LogP contribution in [0.2, 0.25) is 0 Å². The predicted molar refractivity (Wildman–Crippen MR) is 57.3 cm³/mol. The van der Waals surface area contributed by atoms with E-state index in [1.165, 1.54) is 25.7 Å². The molecule has 0 bridgehead atoms. The predicted octanol–water partition coefficient (Wildman–Crippen LogP) is 0.631. The standard InChI is InChI=1S/C11H22N2O/c1-2-11(4-3-5-11)13-7-9-6-10(14)8-12-9/h9-10,12-14H,2-8H2,1H3. The highest BCUT2D eigenvalue weighted by Crippen LogP contribution is 2.34. The van der Waals surface area contributed by atoms with Crippen molar-refractivity contribution in [3.8, 4) is 0 Å². The van der Waals surface area contributed by atoms with Gasteiger partial charge in [-0.2, -0.15) is 0 Å². The monoisotopic (exact) mass is 198 g/mol. The van der Waals surface area contributed by atoms with Gasteiger partial charge >= 0.3 is 0 Å². The molecule has 3 nitrogen and oxygen atoms in total. The fraction of sp³-hybridized carbons (Fsp3) is 1.00. The molecule has 0 aromatic carbocycles. The Morgan fingerprint density at radius 3 is 2.71 bits per heavy atom. The summed E-state index contributed by atoms with van der Waals surface area (Å²) in [7, 11) is 0. The molecule has 2 fully saturated rings. The third kappa shape index (κ3) is 2.10. The van der Waals surface area contributed by atoms with Crippen molar-refractivity contribution >= 4 is 0 Å². The Hall–Kier alpha value is -0.120. The zero-order chi connectivity index (χ0) is 10.0. The normalized spacial score (nSPS) is 35.6. The largest absolute Gasteiger partial charge is 0.392 e. The van der Waals surface area contributed by atoms with Gasteiger partial charge in [-0.1, -0.05) is 6.92 Å². The van der Waals surface area contributed by atoms with Gasteiger partial charge in [0.15, 0.2) is 0 Å². The van der Waals surface area contributed by atoms with Crippen molar-refractivity contribution in [1.82, 2.24) is 10.6 Å². The second-order valence-electron chi connectivity index (χ2n) is 4.86. The average molecular weight is 198 g/mol. The molecule has 0 spiro atoms. The maximum atomic E-state index is 9.37. The zero-order valence-corrected chi connectivity index (χ0v) is 9.05. The zero-order valence-electron chi connectivity index (χ0n) is 9.05. The number of hydrogen-bond acceptors (Lipinski definition) is 3. The van der Waals surface area contributed by atoms with Gasteiger partial charge in [-0.3, -0.25) is 0 Å². The van der Waals surface area contributed by atoms with Crippen LogP contribution >= 0.6 is 0 Å². The van der Waals surface area contributed by atoms with Crippen LogP contribution in [0.3, 0.4) is 0 Å². The van der Waals surface area contributed by atoms with Gasteiger partial charge in [0.2, 0.25) is 0 Å². The van der Waals surface area contributed by atoms with Crippen LogP contribution in [0.4, 0.5) is 0 Å². The minimum absolute atomic E-state index is 0.124. The molecule has 2 atom stereocenters. The average Bonchev–Trinajstić information content (AvgIpc) is 2.50. The molecule has 3 heteroatoms. The van der Waals surface area contributed by atoms with Crippen LogP contribution in [0.15, 0.2) is 0 Å². The number of aliphatic hydroxyl groups is 1. The Balaban J connectivity index is 1.71. The first-order valence-corrected chi connectivity index (χ1v) is 5.90. The van der Waals surface area contributed by atoms with Crippen molar-refractivity contribution in [2.45, 2.75) is 56.7 Å². The van der Waals surface area contributed by atoms with Gasteiger partial charge < -0.3 is 15.7 Å². The van der Waals surface area contributed by atoms with E-state index in [2.05, 4.69) is 17.6 Å². The summed E-state index contributed by atoms with van der Waals surface area (Å²) in [5.74, 6) is 0. The lowest BCUT2D eigenvalue weighted by atomic mass is 9.75. The number of nitrogens with one attached hydrogen (secondary N) is 2. The molecular formula is C11H22N2O. The van der Waals surface area contributed by atoms with Crippen molar-refractivity contribution in [3.05, 3.63) is 0 Å². The van der Waals surface area contributed by atoms with Gasteiger partial charge in [0, 0.05) is 24.7 Å². The summed E-state index contributed by atoms with van der Waals surface area (Å²) >= 11 is 0. The molecule has 14 heavy (non-hydrogen) atoms. The molecule has 0 amide bonds. The summed E-state index contributed by atoms with van der Waals surface area (Å²) in [4.78, 5) is 0. The van der Waals surface area contributed by atoms with Crippen molar-refractivity contribution in [3.63, 3.8) is 0 Å². The molecule has 2 rings (SSSR count). The molecule has 1 saturated carbocycles. The van der Waals surface area contributed by atoms with Gasteiger partial charge in [0.25, 0.3) is 0 Å². The second kappa shape index (κ2) is 4.17. The van der Waals surface area contributed by atoms with E-state index in [-0.39, 0.29) is 6.10 Å². The molecule has 1 aliphatic carbocycles. The van der Waals surface area contributed by atoms with Crippen molar-refractivity contribution in [2.75, 3.05) is 13.1 Å². The molecule has 1 aliphatic heterocycles. The summed E-state index contributed by atoms with van der Waals surface area (Å²) in [6, 6.07) is 0.481. The Bertz CT molecular complexity index is 186. The molecular weight excluding hydrogens is 176 g/mol. The third-order valence-electron chi connectivity index (χ3n) is 3.91. The quantitative estimate of drug-likeness (QED) is 0.621. The highest BCUT2D eigenvalue weighted by Gasteiger charge is 2.35. The van der Waals surface area contributed by atoms with Crippen molar-refractivity contribution < 1.29 is 5.11 Å². The Morgan fingerprint density at radius 1 is 1.50 bits per heavy atom. The summed E-state index contributed by atoms with van der Waals surface area (Å²) in [5.41, 5.74) is 0.440. The summed E-state index contributed by atoms with van der Waals surface area (Å²) in [6.07, 6.45) is 6.06. The van der Waals surface area contributed by atoms with Gasteiger partial charge in [0.05, 0.1) is 6.10 Å². The molecule has 3 N–H and O–H groups in total. The van der Waals surface area contributed by atoms with Crippen LogP contribution in [0.25, 0.3) is 0 Å². The van der Waals surface area contributed by atoms with Crippen LogP contribution in [-0.4, -0.2) is 35.9 Å². The Morgan fingerprint density at radius 2 is 2.29 bits per heavy atom. The Labute approximate surface area is 86.3 Å². The van der Waals surface area contributed by atoms with E-state index in [1.807, 2.05) is 0 Å². The second-order valence-corrected chi connectivity index (χ2v) is 4.86. The topological polar surface area (TPSA) is 44.3 Å². The highest BCUT2D eigenvalue weighted by atomic mass is 16.3. The molecule has 1 heterocycles. The molecule has 0 radical (unpaired) electrons. The lowest BCUT2D eigenvalue weighted by Gasteiger charge is -2.43. The summed E-state index contributed by atoms with van der Waals surface area (Å²) in [5, 5.41) is 16.4. The molecule has 2 aliphatic rings. The van der Waals surface area contributed by atoms with Gasteiger partial charge in [0.1, 0.15) is 0 Å². The summed E-state index contributed by atoms with van der Waals surface area (Å²) in [6.45, 7) is 4.06. The van der Waals surface area contributed by atoms with E-state index in [0.717, 1.165) is 19.5 Å². The van der Waals surface area contributed by atoms with Gasteiger partial charge in [-0.25, -0.2) is 0 Å². The SMILES string of the molecule is CCC1(NCC2CC(O)CN2)CCC1. The van der Waals surface area contributed by atoms with E-state index in [0.29, 0.717) is 11.6 Å². The molecule has 2 unspecified atom stereocenters. The first-order valence-electron chi connectivity index (χ1n) is 5.90. The van der Waals surface area contributed by atoms with E-state index < -0.39 is 0 Å². The van der Waals surface area contributed by atoms with E-state index >= 15 is 0 Å². The minimum Gasteiger partial charge on any atom is -0.392 e. The first-order chi connectivity index (χ1) is 6.74. The van der Waals surface area contributed by atoms with Crippen molar-refractivity contribution in [1.29, 1.82) is 0 Å². The minimum atomic E-state index is -0.124. The van der Waals surface area contributed by atoms with E-state index in [1.54, 1.807) is 0 Å². The lowest BCUT2D eigenvalue weighted by molar-refractivity contribution is 0.167.